The molecular formula is C14H13NO3. The van der Waals surface area contributed by atoms with Crippen LogP contribution in [0.1, 0.15) is 17.3 Å². The summed E-state index contributed by atoms with van der Waals surface area (Å²) in [5.41, 5.74) is 0.819. The summed E-state index contributed by atoms with van der Waals surface area (Å²) < 4.78 is 4.72. The van der Waals surface area contributed by atoms with Gasteiger partial charge in [0.25, 0.3) is 0 Å². The van der Waals surface area contributed by atoms with Crippen LogP contribution in [-0.4, -0.2) is 19.0 Å². The predicted octanol–water partition coefficient (Wildman–Crippen LogP) is 2.58. The van der Waals surface area contributed by atoms with E-state index in [1.165, 1.54) is 14.0 Å². The van der Waals surface area contributed by atoms with Crippen molar-refractivity contribution in [2.75, 3.05) is 12.4 Å². The van der Waals surface area contributed by atoms with Gasteiger partial charge in [-0.1, -0.05) is 24.3 Å². The van der Waals surface area contributed by atoms with Crippen LogP contribution in [0.2, 0.25) is 0 Å². The summed E-state index contributed by atoms with van der Waals surface area (Å²) in [7, 11) is 1.31. The third-order valence-electron chi connectivity index (χ3n) is 2.60. The number of ether oxygens (including phenoxy) is 1. The smallest absolute Gasteiger partial charge is 0.339 e. The zero-order valence-electron chi connectivity index (χ0n) is 10.2. The number of benzene rings is 2. The molecule has 0 unspecified atom stereocenters. The molecule has 0 saturated heterocycles. The van der Waals surface area contributed by atoms with E-state index in [0.29, 0.717) is 11.3 Å². The first-order chi connectivity index (χ1) is 8.61. The average molecular weight is 243 g/mol. The second-order valence-electron chi connectivity index (χ2n) is 3.92. The molecule has 0 aliphatic carbocycles. The third kappa shape index (κ3) is 2.32. The van der Waals surface area contributed by atoms with E-state index in [4.69, 9.17) is 4.74 Å². The summed E-state index contributed by atoms with van der Waals surface area (Å²) in [5, 5.41) is 4.52. The minimum absolute atomic E-state index is 0.226. The van der Waals surface area contributed by atoms with Gasteiger partial charge in [-0.25, -0.2) is 4.79 Å². The molecule has 0 atom stereocenters. The number of carbonyl (C=O) groups is 2. The van der Waals surface area contributed by atoms with E-state index >= 15 is 0 Å². The van der Waals surface area contributed by atoms with E-state index < -0.39 is 5.97 Å². The number of anilines is 1. The van der Waals surface area contributed by atoms with Gasteiger partial charge in [0.05, 0.1) is 18.4 Å². The van der Waals surface area contributed by atoms with Crippen LogP contribution in [0.4, 0.5) is 5.69 Å². The number of rotatable bonds is 2. The second kappa shape index (κ2) is 4.87. The highest BCUT2D eigenvalue weighted by Crippen LogP contribution is 2.24. The molecule has 2 aromatic rings. The molecule has 0 radical (unpaired) electrons. The molecule has 1 N–H and O–H groups in total. The number of fused-ring (bicyclic) bond motifs is 1. The van der Waals surface area contributed by atoms with Crippen LogP contribution < -0.4 is 5.32 Å². The van der Waals surface area contributed by atoms with Crippen molar-refractivity contribution in [2.45, 2.75) is 6.92 Å². The highest BCUT2D eigenvalue weighted by atomic mass is 16.5. The standard InChI is InChI=1S/C14H13NO3/c1-9(16)15-13-8-11-6-4-3-5-10(11)7-12(13)14(17)18-2/h3-8H,1-2H3,(H,15,16). The molecule has 92 valence electrons. The summed E-state index contributed by atoms with van der Waals surface area (Å²) in [4.78, 5) is 22.8. The Morgan fingerprint density at radius 1 is 1.11 bits per heavy atom. The molecule has 1 amide bonds. The van der Waals surface area contributed by atoms with E-state index in [1.807, 2.05) is 24.3 Å². The van der Waals surface area contributed by atoms with Crippen molar-refractivity contribution in [1.29, 1.82) is 0 Å². The average Bonchev–Trinajstić information content (AvgIpc) is 2.36. The van der Waals surface area contributed by atoms with E-state index in [0.717, 1.165) is 10.8 Å². The van der Waals surface area contributed by atoms with Crippen LogP contribution in [0.3, 0.4) is 0 Å². The predicted molar refractivity (Wildman–Crippen MR) is 69.6 cm³/mol. The Hall–Kier alpha value is -2.36. The molecular weight excluding hydrogens is 230 g/mol. The zero-order valence-corrected chi connectivity index (χ0v) is 10.2. The Morgan fingerprint density at radius 3 is 2.28 bits per heavy atom. The number of methoxy groups -OCH3 is 1. The fraction of sp³-hybridized carbons (Fsp3) is 0.143. The van der Waals surface area contributed by atoms with Crippen molar-refractivity contribution < 1.29 is 14.3 Å². The number of esters is 1. The van der Waals surface area contributed by atoms with E-state index in [2.05, 4.69) is 5.32 Å². The lowest BCUT2D eigenvalue weighted by Gasteiger charge is -2.10. The van der Waals surface area contributed by atoms with Crippen LogP contribution in [0.15, 0.2) is 36.4 Å². The third-order valence-corrected chi connectivity index (χ3v) is 2.60. The Bertz CT molecular complexity index is 619. The summed E-state index contributed by atoms with van der Waals surface area (Å²) in [5.74, 6) is -0.695. The quantitative estimate of drug-likeness (QED) is 0.825. The largest absolute Gasteiger partial charge is 0.465 e. The van der Waals surface area contributed by atoms with Crippen molar-refractivity contribution in [3.63, 3.8) is 0 Å². The second-order valence-corrected chi connectivity index (χ2v) is 3.92. The van der Waals surface area contributed by atoms with Crippen LogP contribution in [0.25, 0.3) is 10.8 Å². The van der Waals surface area contributed by atoms with Crippen molar-refractivity contribution in [1.82, 2.24) is 0 Å². The molecule has 4 heteroatoms. The summed E-state index contributed by atoms with van der Waals surface area (Å²) in [6, 6.07) is 11.1. The first-order valence-electron chi connectivity index (χ1n) is 5.50. The van der Waals surface area contributed by atoms with Crippen LogP contribution >= 0.6 is 0 Å². The minimum atomic E-state index is -0.468. The van der Waals surface area contributed by atoms with Gasteiger partial charge in [0.15, 0.2) is 0 Å². The molecule has 4 nitrogen and oxygen atoms in total. The van der Waals surface area contributed by atoms with Gasteiger partial charge in [-0.15, -0.1) is 0 Å². The summed E-state index contributed by atoms with van der Waals surface area (Å²) in [6.07, 6.45) is 0. The molecule has 0 aliphatic heterocycles. The maximum atomic E-state index is 11.7. The molecule has 0 aliphatic rings. The molecule has 0 spiro atoms. The zero-order chi connectivity index (χ0) is 13.1. The molecule has 0 saturated carbocycles. The highest BCUT2D eigenvalue weighted by molar-refractivity contribution is 6.05. The van der Waals surface area contributed by atoms with Gasteiger partial charge < -0.3 is 10.1 Å². The number of hydrogen-bond acceptors (Lipinski definition) is 3. The van der Waals surface area contributed by atoms with E-state index in [-0.39, 0.29) is 5.91 Å². The number of carbonyl (C=O) groups excluding carboxylic acids is 2. The molecule has 0 fully saturated rings. The Balaban J connectivity index is 2.63. The lowest BCUT2D eigenvalue weighted by atomic mass is 10.0. The normalized spacial score (nSPS) is 10.1. The summed E-state index contributed by atoms with van der Waals surface area (Å²) in [6.45, 7) is 1.40. The molecule has 18 heavy (non-hydrogen) atoms. The first-order valence-corrected chi connectivity index (χ1v) is 5.50. The van der Waals surface area contributed by atoms with Gasteiger partial charge in [-0.3, -0.25) is 4.79 Å². The number of amides is 1. The number of nitrogens with one attached hydrogen (secondary N) is 1. The topological polar surface area (TPSA) is 55.4 Å². The van der Waals surface area contributed by atoms with Crippen LogP contribution in [0, 0.1) is 0 Å². The van der Waals surface area contributed by atoms with Gasteiger partial charge in [0.2, 0.25) is 5.91 Å². The molecule has 2 aromatic carbocycles. The van der Waals surface area contributed by atoms with E-state index in [9.17, 15) is 9.59 Å². The first kappa shape index (κ1) is 12.1. The van der Waals surface area contributed by atoms with Gasteiger partial charge in [-0.05, 0) is 22.9 Å². The minimum Gasteiger partial charge on any atom is -0.465 e. The van der Waals surface area contributed by atoms with Gasteiger partial charge in [0.1, 0.15) is 0 Å². The Kier molecular flexibility index (Phi) is 3.28. The maximum absolute atomic E-state index is 11.7. The Morgan fingerprint density at radius 2 is 1.72 bits per heavy atom. The van der Waals surface area contributed by atoms with Gasteiger partial charge in [-0.2, -0.15) is 0 Å². The van der Waals surface area contributed by atoms with Crippen molar-refractivity contribution in [3.8, 4) is 0 Å². The monoisotopic (exact) mass is 243 g/mol. The fourth-order valence-electron chi connectivity index (χ4n) is 1.81. The number of hydrogen-bond donors (Lipinski definition) is 1. The molecule has 0 heterocycles. The molecule has 2 rings (SSSR count). The van der Waals surface area contributed by atoms with Crippen molar-refractivity contribution >= 4 is 28.3 Å². The lowest BCUT2D eigenvalue weighted by Crippen LogP contribution is -2.12. The SMILES string of the molecule is COC(=O)c1cc2ccccc2cc1NC(C)=O. The molecule has 0 bridgehead atoms. The van der Waals surface area contributed by atoms with Crippen molar-refractivity contribution in [2.24, 2.45) is 0 Å². The lowest BCUT2D eigenvalue weighted by molar-refractivity contribution is -0.114. The molecule has 0 aromatic heterocycles. The van der Waals surface area contributed by atoms with Gasteiger partial charge in [0, 0.05) is 6.92 Å². The van der Waals surface area contributed by atoms with Crippen molar-refractivity contribution in [3.05, 3.63) is 42.0 Å². The Labute approximate surface area is 105 Å². The fourth-order valence-corrected chi connectivity index (χ4v) is 1.81. The van der Waals surface area contributed by atoms with Crippen LogP contribution in [0.5, 0.6) is 0 Å². The highest BCUT2D eigenvalue weighted by Gasteiger charge is 2.13. The maximum Gasteiger partial charge on any atom is 0.339 e. The summed E-state index contributed by atoms with van der Waals surface area (Å²) >= 11 is 0. The van der Waals surface area contributed by atoms with E-state index in [1.54, 1.807) is 12.1 Å². The van der Waals surface area contributed by atoms with Crippen LogP contribution in [-0.2, 0) is 9.53 Å². The van der Waals surface area contributed by atoms with Gasteiger partial charge >= 0.3 is 5.97 Å².